The number of benzene rings is 1. The Labute approximate surface area is 109 Å². The summed E-state index contributed by atoms with van der Waals surface area (Å²) in [6.45, 7) is 3.98. The molecular formula is C13H15FN2OS. The van der Waals surface area contributed by atoms with Crippen LogP contribution >= 0.6 is 11.3 Å². The van der Waals surface area contributed by atoms with Crippen LogP contribution in [0.15, 0.2) is 18.2 Å². The summed E-state index contributed by atoms with van der Waals surface area (Å²) in [5.74, 6) is -0.294. The monoisotopic (exact) mass is 266 g/mol. The third kappa shape index (κ3) is 2.67. The molecule has 1 aromatic carbocycles. The van der Waals surface area contributed by atoms with Gasteiger partial charge in [0.1, 0.15) is 5.82 Å². The Balaban J connectivity index is 2.19. The van der Waals surface area contributed by atoms with E-state index in [4.69, 9.17) is 0 Å². The minimum absolute atomic E-state index is 0.00810. The SMILES string of the molecule is CCC(CC)C(=O)Nc1nc2ccc(F)cc2s1. The Morgan fingerprint density at radius 3 is 2.83 bits per heavy atom. The van der Waals surface area contributed by atoms with Crippen LogP contribution in [-0.2, 0) is 4.79 Å². The second-order valence-electron chi connectivity index (χ2n) is 4.13. The molecule has 2 aromatic rings. The van der Waals surface area contributed by atoms with Crippen molar-refractivity contribution in [2.45, 2.75) is 26.7 Å². The molecule has 1 amide bonds. The average Bonchev–Trinajstić information content (AvgIpc) is 2.71. The van der Waals surface area contributed by atoms with Gasteiger partial charge in [0.2, 0.25) is 5.91 Å². The number of hydrogen-bond acceptors (Lipinski definition) is 3. The second kappa shape index (κ2) is 5.44. The fourth-order valence-corrected chi connectivity index (χ4v) is 2.71. The lowest BCUT2D eigenvalue weighted by molar-refractivity contribution is -0.120. The number of aromatic nitrogens is 1. The fourth-order valence-electron chi connectivity index (χ4n) is 1.82. The number of thiazole rings is 1. The van der Waals surface area contributed by atoms with Crippen molar-refractivity contribution in [1.29, 1.82) is 0 Å². The van der Waals surface area contributed by atoms with Crippen molar-refractivity contribution in [1.82, 2.24) is 4.98 Å². The zero-order valence-corrected chi connectivity index (χ0v) is 11.2. The number of fused-ring (bicyclic) bond motifs is 1. The third-order valence-electron chi connectivity index (χ3n) is 2.94. The number of carbonyl (C=O) groups excluding carboxylic acids is 1. The summed E-state index contributed by atoms with van der Waals surface area (Å²) in [5, 5.41) is 3.33. The molecule has 0 spiro atoms. The first-order valence-corrected chi connectivity index (χ1v) is 6.82. The lowest BCUT2D eigenvalue weighted by Gasteiger charge is -2.10. The number of carbonyl (C=O) groups is 1. The van der Waals surface area contributed by atoms with E-state index in [1.54, 1.807) is 6.07 Å². The van der Waals surface area contributed by atoms with Crippen molar-refractivity contribution in [2.24, 2.45) is 5.92 Å². The van der Waals surface area contributed by atoms with Gasteiger partial charge in [-0.05, 0) is 31.0 Å². The lowest BCUT2D eigenvalue weighted by atomic mass is 10.0. The van der Waals surface area contributed by atoms with Gasteiger partial charge in [0, 0.05) is 5.92 Å². The lowest BCUT2D eigenvalue weighted by Crippen LogP contribution is -2.21. The largest absolute Gasteiger partial charge is 0.302 e. The van der Waals surface area contributed by atoms with E-state index in [1.165, 1.54) is 23.5 Å². The van der Waals surface area contributed by atoms with Gasteiger partial charge in [-0.3, -0.25) is 4.79 Å². The molecule has 0 fully saturated rings. The summed E-state index contributed by atoms with van der Waals surface area (Å²) in [5.41, 5.74) is 0.709. The van der Waals surface area contributed by atoms with Crippen LogP contribution in [0, 0.1) is 11.7 Å². The molecule has 1 aromatic heterocycles. The highest BCUT2D eigenvalue weighted by Gasteiger charge is 2.16. The van der Waals surface area contributed by atoms with Crippen LogP contribution in [0.4, 0.5) is 9.52 Å². The van der Waals surface area contributed by atoms with E-state index < -0.39 is 0 Å². The molecule has 0 bridgehead atoms. The molecule has 0 unspecified atom stereocenters. The van der Waals surface area contributed by atoms with Crippen LogP contribution in [0.5, 0.6) is 0 Å². The molecule has 0 atom stereocenters. The van der Waals surface area contributed by atoms with Gasteiger partial charge in [0.15, 0.2) is 5.13 Å². The molecule has 0 saturated heterocycles. The van der Waals surface area contributed by atoms with Gasteiger partial charge < -0.3 is 5.32 Å². The molecule has 0 aliphatic carbocycles. The smallest absolute Gasteiger partial charge is 0.229 e. The number of amides is 1. The Morgan fingerprint density at radius 1 is 1.44 bits per heavy atom. The molecule has 3 nitrogen and oxygen atoms in total. The zero-order valence-electron chi connectivity index (χ0n) is 10.4. The Kier molecular flexibility index (Phi) is 3.91. The Bertz CT molecular complexity index is 563. The highest BCUT2D eigenvalue weighted by atomic mass is 32.1. The predicted molar refractivity (Wildman–Crippen MR) is 72.3 cm³/mol. The second-order valence-corrected chi connectivity index (χ2v) is 5.16. The van der Waals surface area contributed by atoms with Crippen LogP contribution in [0.25, 0.3) is 10.2 Å². The number of rotatable bonds is 4. The number of nitrogens with zero attached hydrogens (tertiary/aromatic N) is 1. The zero-order chi connectivity index (χ0) is 13.1. The van der Waals surface area contributed by atoms with Crippen molar-refractivity contribution in [2.75, 3.05) is 5.32 Å². The summed E-state index contributed by atoms with van der Waals surface area (Å²) in [7, 11) is 0. The molecule has 1 heterocycles. The molecular weight excluding hydrogens is 251 g/mol. The molecule has 0 aliphatic rings. The van der Waals surface area contributed by atoms with E-state index in [2.05, 4.69) is 10.3 Å². The van der Waals surface area contributed by atoms with Gasteiger partial charge in [-0.15, -0.1) is 0 Å². The Morgan fingerprint density at radius 2 is 2.17 bits per heavy atom. The molecule has 1 N–H and O–H groups in total. The maximum Gasteiger partial charge on any atom is 0.229 e. The van der Waals surface area contributed by atoms with Crippen LogP contribution in [0.3, 0.4) is 0 Å². The number of nitrogens with one attached hydrogen (secondary N) is 1. The highest BCUT2D eigenvalue weighted by molar-refractivity contribution is 7.22. The van der Waals surface area contributed by atoms with Crippen molar-refractivity contribution >= 4 is 32.6 Å². The van der Waals surface area contributed by atoms with Gasteiger partial charge in [-0.2, -0.15) is 0 Å². The quantitative estimate of drug-likeness (QED) is 0.914. The van der Waals surface area contributed by atoms with E-state index in [-0.39, 0.29) is 17.6 Å². The molecule has 0 radical (unpaired) electrons. The van der Waals surface area contributed by atoms with E-state index in [0.29, 0.717) is 10.6 Å². The first kappa shape index (κ1) is 13.0. The van der Waals surface area contributed by atoms with E-state index >= 15 is 0 Å². The van der Waals surface area contributed by atoms with Gasteiger partial charge in [-0.1, -0.05) is 25.2 Å². The fraction of sp³-hybridized carbons (Fsp3) is 0.385. The minimum atomic E-state index is -0.288. The number of anilines is 1. The molecule has 18 heavy (non-hydrogen) atoms. The molecule has 5 heteroatoms. The summed E-state index contributed by atoms with van der Waals surface area (Å²) in [6.07, 6.45) is 1.61. The highest BCUT2D eigenvalue weighted by Crippen LogP contribution is 2.27. The average molecular weight is 266 g/mol. The molecule has 0 aliphatic heterocycles. The van der Waals surface area contributed by atoms with E-state index in [0.717, 1.165) is 17.5 Å². The molecule has 96 valence electrons. The van der Waals surface area contributed by atoms with Crippen molar-refractivity contribution < 1.29 is 9.18 Å². The Hall–Kier alpha value is -1.49. The van der Waals surface area contributed by atoms with E-state index in [9.17, 15) is 9.18 Å². The van der Waals surface area contributed by atoms with Crippen LogP contribution in [0.1, 0.15) is 26.7 Å². The minimum Gasteiger partial charge on any atom is -0.302 e. The van der Waals surface area contributed by atoms with Crippen LogP contribution in [-0.4, -0.2) is 10.9 Å². The van der Waals surface area contributed by atoms with Gasteiger partial charge in [-0.25, -0.2) is 9.37 Å². The molecule has 0 saturated carbocycles. The normalized spacial score (nSPS) is 11.1. The summed E-state index contributed by atoms with van der Waals surface area (Å²) >= 11 is 1.30. The van der Waals surface area contributed by atoms with Gasteiger partial charge >= 0.3 is 0 Å². The van der Waals surface area contributed by atoms with Crippen LogP contribution < -0.4 is 5.32 Å². The predicted octanol–water partition coefficient (Wildman–Crippen LogP) is 3.81. The standard InChI is InChI=1S/C13H15FN2OS/c1-3-8(4-2)12(17)16-13-15-10-6-5-9(14)7-11(10)18-13/h5-8H,3-4H2,1-2H3,(H,15,16,17). The first-order chi connectivity index (χ1) is 8.63. The van der Waals surface area contributed by atoms with Gasteiger partial charge in [0.05, 0.1) is 10.2 Å². The summed E-state index contributed by atoms with van der Waals surface area (Å²) < 4.78 is 13.8. The number of hydrogen-bond donors (Lipinski definition) is 1. The molecule has 2 rings (SSSR count). The maximum atomic E-state index is 13.0. The van der Waals surface area contributed by atoms with Gasteiger partial charge in [0.25, 0.3) is 0 Å². The summed E-state index contributed by atoms with van der Waals surface area (Å²) in [4.78, 5) is 16.2. The third-order valence-corrected chi connectivity index (χ3v) is 3.87. The van der Waals surface area contributed by atoms with Crippen LogP contribution in [0.2, 0.25) is 0 Å². The maximum absolute atomic E-state index is 13.0. The van der Waals surface area contributed by atoms with Crippen molar-refractivity contribution in [3.63, 3.8) is 0 Å². The topological polar surface area (TPSA) is 42.0 Å². The van der Waals surface area contributed by atoms with E-state index in [1.807, 2.05) is 13.8 Å². The first-order valence-electron chi connectivity index (χ1n) is 6.01. The summed E-state index contributed by atoms with van der Waals surface area (Å²) in [6, 6.07) is 4.42. The van der Waals surface area contributed by atoms with Crippen molar-refractivity contribution in [3.05, 3.63) is 24.0 Å². The van der Waals surface area contributed by atoms with Crippen molar-refractivity contribution in [3.8, 4) is 0 Å². The number of halogens is 1.